The first-order chi connectivity index (χ1) is 8.20. The van der Waals surface area contributed by atoms with E-state index in [4.69, 9.17) is 0 Å². The minimum absolute atomic E-state index is 0.716. The summed E-state index contributed by atoms with van der Waals surface area (Å²) in [4.78, 5) is 5.10. The van der Waals surface area contributed by atoms with Gasteiger partial charge in [-0.1, -0.05) is 12.8 Å². The van der Waals surface area contributed by atoms with E-state index in [0.717, 1.165) is 12.0 Å². The van der Waals surface area contributed by atoms with Crippen LogP contribution in [0.25, 0.3) is 0 Å². The molecule has 3 heteroatoms. The zero-order valence-electron chi connectivity index (χ0n) is 11.8. The lowest BCUT2D eigenvalue weighted by molar-refractivity contribution is 0.136. The van der Waals surface area contributed by atoms with Gasteiger partial charge in [0.1, 0.15) is 0 Å². The normalized spacial score (nSPS) is 35.6. The molecule has 3 nitrogen and oxygen atoms in total. The second-order valence-electron chi connectivity index (χ2n) is 6.10. The molecule has 1 saturated heterocycles. The second kappa shape index (κ2) is 6.17. The van der Waals surface area contributed by atoms with E-state index in [-0.39, 0.29) is 0 Å². The van der Waals surface area contributed by atoms with Gasteiger partial charge in [-0.25, -0.2) is 0 Å². The summed E-state index contributed by atoms with van der Waals surface area (Å²) in [6.07, 6.45) is 6.94. The van der Waals surface area contributed by atoms with Gasteiger partial charge in [-0.05, 0) is 52.9 Å². The first-order valence-corrected chi connectivity index (χ1v) is 7.26. The van der Waals surface area contributed by atoms with E-state index in [2.05, 4.69) is 36.3 Å². The average molecular weight is 239 g/mol. The quantitative estimate of drug-likeness (QED) is 0.800. The van der Waals surface area contributed by atoms with Gasteiger partial charge >= 0.3 is 0 Å². The second-order valence-corrected chi connectivity index (χ2v) is 6.10. The fourth-order valence-electron chi connectivity index (χ4n) is 3.69. The fraction of sp³-hybridized carbons (Fsp3) is 1.00. The molecule has 1 N–H and O–H groups in total. The van der Waals surface area contributed by atoms with E-state index in [9.17, 15) is 0 Å². The molecule has 1 heterocycles. The molecule has 3 unspecified atom stereocenters. The molecule has 1 saturated carbocycles. The highest BCUT2D eigenvalue weighted by Gasteiger charge is 2.29. The molecule has 3 atom stereocenters. The zero-order chi connectivity index (χ0) is 12.3. The van der Waals surface area contributed by atoms with Crippen molar-refractivity contribution < 1.29 is 0 Å². The predicted octanol–water partition coefficient (Wildman–Crippen LogP) is 1.40. The van der Waals surface area contributed by atoms with E-state index >= 15 is 0 Å². The molecule has 1 aliphatic heterocycles. The maximum atomic E-state index is 3.52. The Morgan fingerprint density at radius 3 is 2.65 bits per heavy atom. The predicted molar refractivity (Wildman–Crippen MR) is 73.3 cm³/mol. The van der Waals surface area contributed by atoms with Crippen LogP contribution in [-0.2, 0) is 0 Å². The molecular formula is C14H29N3. The maximum Gasteiger partial charge on any atom is 0.0246 e. The Balaban J connectivity index is 1.83. The minimum Gasteiger partial charge on any atom is -0.315 e. The van der Waals surface area contributed by atoms with Gasteiger partial charge in [0.15, 0.2) is 0 Å². The van der Waals surface area contributed by atoms with E-state index in [1.54, 1.807) is 0 Å². The Hall–Kier alpha value is -0.120. The Bertz CT molecular complexity index is 232. The van der Waals surface area contributed by atoms with Crippen molar-refractivity contribution in [2.45, 2.75) is 44.2 Å². The average Bonchev–Trinajstić information content (AvgIpc) is 2.74. The summed E-state index contributed by atoms with van der Waals surface area (Å²) < 4.78 is 0. The van der Waals surface area contributed by atoms with E-state index in [1.807, 2.05) is 0 Å². The molecule has 2 fully saturated rings. The SMILES string of the molecule is CNC1CCCCC1N(C)CC1CCN(C)C1. The Morgan fingerprint density at radius 1 is 1.24 bits per heavy atom. The van der Waals surface area contributed by atoms with Crippen molar-refractivity contribution in [1.82, 2.24) is 15.1 Å². The van der Waals surface area contributed by atoms with Crippen molar-refractivity contribution in [3.8, 4) is 0 Å². The van der Waals surface area contributed by atoms with Crippen LogP contribution in [0, 0.1) is 5.92 Å². The lowest BCUT2D eigenvalue weighted by Gasteiger charge is -2.39. The van der Waals surface area contributed by atoms with Crippen molar-refractivity contribution in [3.05, 3.63) is 0 Å². The molecule has 0 aromatic rings. The lowest BCUT2D eigenvalue weighted by atomic mass is 9.89. The number of nitrogens with one attached hydrogen (secondary N) is 1. The summed E-state index contributed by atoms with van der Waals surface area (Å²) in [6, 6.07) is 1.48. The maximum absolute atomic E-state index is 3.52. The number of hydrogen-bond acceptors (Lipinski definition) is 3. The van der Waals surface area contributed by atoms with Crippen molar-refractivity contribution in [2.75, 3.05) is 40.8 Å². The first-order valence-electron chi connectivity index (χ1n) is 7.26. The smallest absolute Gasteiger partial charge is 0.0246 e. The van der Waals surface area contributed by atoms with Crippen molar-refractivity contribution in [1.29, 1.82) is 0 Å². The molecule has 2 rings (SSSR count). The van der Waals surface area contributed by atoms with E-state index in [0.29, 0.717) is 6.04 Å². The van der Waals surface area contributed by atoms with Crippen molar-refractivity contribution >= 4 is 0 Å². The molecular weight excluding hydrogens is 210 g/mol. The number of likely N-dealkylation sites (tertiary alicyclic amines) is 1. The van der Waals surface area contributed by atoms with Crippen LogP contribution in [0.4, 0.5) is 0 Å². The van der Waals surface area contributed by atoms with Crippen LogP contribution >= 0.6 is 0 Å². The monoisotopic (exact) mass is 239 g/mol. The summed E-state index contributed by atoms with van der Waals surface area (Å²) in [5, 5.41) is 3.52. The van der Waals surface area contributed by atoms with Gasteiger partial charge in [0.2, 0.25) is 0 Å². The highest BCUT2D eigenvalue weighted by atomic mass is 15.2. The number of likely N-dealkylation sites (N-methyl/N-ethyl adjacent to an activating group) is 2. The molecule has 0 aromatic carbocycles. The molecule has 0 radical (unpaired) electrons. The number of nitrogens with zero attached hydrogens (tertiary/aromatic N) is 2. The standard InChI is InChI=1S/C14H29N3/c1-15-13-6-4-5-7-14(13)17(3)11-12-8-9-16(2)10-12/h12-15H,4-11H2,1-3H3. The van der Waals surface area contributed by atoms with Gasteiger partial charge in [-0.15, -0.1) is 0 Å². The third kappa shape index (κ3) is 3.43. The third-order valence-corrected chi connectivity index (χ3v) is 4.70. The van der Waals surface area contributed by atoms with Crippen molar-refractivity contribution in [2.24, 2.45) is 5.92 Å². The minimum atomic E-state index is 0.716. The van der Waals surface area contributed by atoms with E-state index < -0.39 is 0 Å². The summed E-state index contributed by atoms with van der Waals surface area (Å²) in [5.74, 6) is 0.893. The molecule has 1 aliphatic carbocycles. The molecule has 100 valence electrons. The van der Waals surface area contributed by atoms with Crippen LogP contribution in [-0.4, -0.2) is 62.7 Å². The molecule has 0 aromatic heterocycles. The van der Waals surface area contributed by atoms with Gasteiger partial charge in [0, 0.05) is 25.2 Å². The van der Waals surface area contributed by atoms with Crippen LogP contribution in [0.3, 0.4) is 0 Å². The van der Waals surface area contributed by atoms with Gasteiger partial charge in [-0.3, -0.25) is 0 Å². The summed E-state index contributed by atoms with van der Waals surface area (Å²) in [7, 11) is 6.70. The molecule has 0 spiro atoms. The Labute approximate surface area is 107 Å². The van der Waals surface area contributed by atoms with Gasteiger partial charge < -0.3 is 15.1 Å². The van der Waals surface area contributed by atoms with Gasteiger partial charge in [0.05, 0.1) is 0 Å². The molecule has 2 aliphatic rings. The van der Waals surface area contributed by atoms with E-state index in [1.165, 1.54) is 51.7 Å². The van der Waals surface area contributed by atoms with Gasteiger partial charge in [-0.2, -0.15) is 0 Å². The number of rotatable bonds is 4. The third-order valence-electron chi connectivity index (χ3n) is 4.70. The van der Waals surface area contributed by atoms with Gasteiger partial charge in [0.25, 0.3) is 0 Å². The largest absolute Gasteiger partial charge is 0.315 e. The topological polar surface area (TPSA) is 18.5 Å². The fourth-order valence-corrected chi connectivity index (χ4v) is 3.69. The number of hydrogen-bond donors (Lipinski definition) is 1. The summed E-state index contributed by atoms with van der Waals surface area (Å²) in [5.41, 5.74) is 0. The Kier molecular flexibility index (Phi) is 4.83. The lowest BCUT2D eigenvalue weighted by Crippen LogP contribution is -2.50. The summed E-state index contributed by atoms with van der Waals surface area (Å²) >= 11 is 0. The Morgan fingerprint density at radius 2 is 2.00 bits per heavy atom. The van der Waals surface area contributed by atoms with Crippen molar-refractivity contribution in [3.63, 3.8) is 0 Å². The van der Waals surface area contributed by atoms with Crippen LogP contribution in [0.15, 0.2) is 0 Å². The zero-order valence-corrected chi connectivity index (χ0v) is 11.8. The van der Waals surface area contributed by atoms with Crippen LogP contribution in [0.5, 0.6) is 0 Å². The van der Waals surface area contributed by atoms with Crippen LogP contribution in [0.2, 0.25) is 0 Å². The highest BCUT2D eigenvalue weighted by Crippen LogP contribution is 2.24. The highest BCUT2D eigenvalue weighted by molar-refractivity contribution is 4.88. The molecule has 0 amide bonds. The molecule has 0 bridgehead atoms. The first kappa shape index (κ1) is 13.3. The van der Waals surface area contributed by atoms with Crippen LogP contribution in [0.1, 0.15) is 32.1 Å². The molecule has 17 heavy (non-hydrogen) atoms. The van der Waals surface area contributed by atoms with Crippen LogP contribution < -0.4 is 5.32 Å². The summed E-state index contributed by atoms with van der Waals surface area (Å²) in [6.45, 7) is 3.87.